The third-order valence-corrected chi connectivity index (χ3v) is 5.67. The zero-order valence-corrected chi connectivity index (χ0v) is 15.2. The maximum Gasteiger partial charge on any atom is 0.223 e. The molecule has 0 saturated carbocycles. The number of nitrogens with zero attached hydrogens (tertiary/aromatic N) is 2. The average Bonchev–Trinajstić information content (AvgIpc) is 3.25. The van der Waals surface area contributed by atoms with Crippen molar-refractivity contribution in [2.24, 2.45) is 5.92 Å². The van der Waals surface area contributed by atoms with Crippen LogP contribution in [0.4, 0.5) is 5.95 Å². The Labute approximate surface area is 155 Å². The van der Waals surface area contributed by atoms with E-state index in [1.54, 1.807) is 12.1 Å². The van der Waals surface area contributed by atoms with Crippen molar-refractivity contribution < 1.29 is 9.53 Å². The number of carbonyl (C=O) groups excluding carboxylic acids is 1. The number of hydrogen-bond donors (Lipinski definition) is 2. The van der Waals surface area contributed by atoms with E-state index in [-0.39, 0.29) is 17.9 Å². The van der Waals surface area contributed by atoms with E-state index in [1.165, 1.54) is 0 Å². The number of anilines is 1. The third kappa shape index (κ3) is 3.57. The summed E-state index contributed by atoms with van der Waals surface area (Å²) in [6.45, 7) is 2.96. The molecule has 2 fully saturated rings. The molecule has 6 nitrogen and oxygen atoms in total. The molecular formula is C17H20Cl2N4O2. The number of H-pyrrole nitrogens is 1. The van der Waals surface area contributed by atoms with Crippen molar-refractivity contribution >= 4 is 46.1 Å². The van der Waals surface area contributed by atoms with Gasteiger partial charge in [-0.15, -0.1) is 0 Å². The second-order valence-corrected chi connectivity index (χ2v) is 7.49. The quantitative estimate of drug-likeness (QED) is 0.855. The maximum absolute atomic E-state index is 12.4. The van der Waals surface area contributed by atoms with Crippen LogP contribution in [0.3, 0.4) is 0 Å². The van der Waals surface area contributed by atoms with Gasteiger partial charge in [0.15, 0.2) is 0 Å². The Kier molecular flexibility index (Phi) is 4.75. The van der Waals surface area contributed by atoms with Crippen LogP contribution in [0.1, 0.15) is 19.3 Å². The topological polar surface area (TPSA) is 70.2 Å². The molecule has 0 radical (unpaired) electrons. The number of amides is 1. The van der Waals surface area contributed by atoms with E-state index in [1.807, 2.05) is 0 Å². The van der Waals surface area contributed by atoms with E-state index in [2.05, 4.69) is 20.2 Å². The Bertz CT molecular complexity index is 741. The molecular weight excluding hydrogens is 363 g/mol. The zero-order valence-electron chi connectivity index (χ0n) is 13.7. The number of halogens is 2. The highest BCUT2D eigenvalue weighted by Gasteiger charge is 2.28. The molecule has 25 heavy (non-hydrogen) atoms. The average molecular weight is 383 g/mol. The molecule has 1 unspecified atom stereocenters. The first-order valence-corrected chi connectivity index (χ1v) is 9.33. The van der Waals surface area contributed by atoms with E-state index >= 15 is 0 Å². The van der Waals surface area contributed by atoms with Crippen molar-refractivity contribution in [3.8, 4) is 0 Å². The van der Waals surface area contributed by atoms with Gasteiger partial charge in [0.25, 0.3) is 0 Å². The van der Waals surface area contributed by atoms with Crippen LogP contribution in [0.2, 0.25) is 10.0 Å². The number of aromatic nitrogens is 2. The summed E-state index contributed by atoms with van der Waals surface area (Å²) in [5, 5.41) is 4.11. The van der Waals surface area contributed by atoms with Crippen molar-refractivity contribution in [2.45, 2.75) is 25.3 Å². The minimum absolute atomic E-state index is 0.0603. The molecule has 1 aromatic heterocycles. The fourth-order valence-electron chi connectivity index (χ4n) is 3.46. The monoisotopic (exact) mass is 382 g/mol. The van der Waals surface area contributed by atoms with Crippen molar-refractivity contribution in [3.05, 3.63) is 22.2 Å². The van der Waals surface area contributed by atoms with Gasteiger partial charge < -0.3 is 19.9 Å². The minimum Gasteiger partial charge on any atom is -0.379 e. The van der Waals surface area contributed by atoms with Crippen molar-refractivity contribution in [2.75, 3.05) is 31.2 Å². The van der Waals surface area contributed by atoms with Crippen molar-refractivity contribution in [3.63, 3.8) is 0 Å². The van der Waals surface area contributed by atoms with Gasteiger partial charge in [0.05, 0.1) is 33.7 Å². The predicted molar refractivity (Wildman–Crippen MR) is 98.4 cm³/mol. The van der Waals surface area contributed by atoms with Crippen molar-refractivity contribution in [1.29, 1.82) is 0 Å². The molecule has 1 amide bonds. The number of carbonyl (C=O) groups is 1. The van der Waals surface area contributed by atoms with Crippen molar-refractivity contribution in [1.82, 2.24) is 15.3 Å². The number of nitrogens with one attached hydrogen (secondary N) is 2. The van der Waals surface area contributed by atoms with E-state index < -0.39 is 0 Å². The summed E-state index contributed by atoms with van der Waals surface area (Å²) in [5.41, 5.74) is 1.66. The Morgan fingerprint density at radius 2 is 2.00 bits per heavy atom. The molecule has 0 aliphatic carbocycles. The fourth-order valence-corrected chi connectivity index (χ4v) is 3.78. The highest BCUT2D eigenvalue weighted by Crippen LogP contribution is 2.29. The van der Waals surface area contributed by atoms with Crippen LogP contribution in [0, 0.1) is 5.92 Å². The molecule has 134 valence electrons. The van der Waals surface area contributed by atoms with Gasteiger partial charge in [-0.25, -0.2) is 4.98 Å². The van der Waals surface area contributed by atoms with Crippen LogP contribution in [-0.4, -0.2) is 48.2 Å². The summed E-state index contributed by atoms with van der Waals surface area (Å²) in [4.78, 5) is 22.4. The van der Waals surface area contributed by atoms with Gasteiger partial charge in [0.2, 0.25) is 11.9 Å². The number of rotatable bonds is 3. The fraction of sp³-hybridized carbons (Fsp3) is 0.529. The number of benzene rings is 1. The maximum atomic E-state index is 12.4. The molecule has 1 atom stereocenters. The number of ether oxygens (including phenoxy) is 1. The Balaban J connectivity index is 1.39. The second-order valence-electron chi connectivity index (χ2n) is 6.67. The second kappa shape index (κ2) is 7.02. The normalized spacial score (nSPS) is 21.8. The summed E-state index contributed by atoms with van der Waals surface area (Å²) < 4.78 is 5.31. The molecule has 1 aromatic carbocycles. The van der Waals surface area contributed by atoms with Crippen LogP contribution in [0.15, 0.2) is 12.1 Å². The molecule has 2 aliphatic heterocycles. The van der Waals surface area contributed by atoms with Gasteiger partial charge >= 0.3 is 0 Å². The van der Waals surface area contributed by atoms with Crippen LogP contribution in [0.5, 0.6) is 0 Å². The molecule has 8 heteroatoms. The summed E-state index contributed by atoms with van der Waals surface area (Å²) in [6, 6.07) is 3.73. The van der Waals surface area contributed by atoms with Crippen LogP contribution >= 0.6 is 23.2 Å². The van der Waals surface area contributed by atoms with Gasteiger partial charge in [-0.1, -0.05) is 23.2 Å². The molecule has 2 aliphatic rings. The largest absolute Gasteiger partial charge is 0.379 e. The molecule has 0 bridgehead atoms. The number of piperidine rings is 1. The molecule has 2 aromatic rings. The SMILES string of the molecule is O=C(NC1CCOC1)C1CCN(c2nc3cc(Cl)c(Cl)cc3[nH]2)CC1. The van der Waals surface area contributed by atoms with Gasteiger partial charge in [-0.3, -0.25) is 4.79 Å². The molecule has 4 rings (SSSR count). The van der Waals surface area contributed by atoms with E-state index in [9.17, 15) is 4.79 Å². The van der Waals surface area contributed by atoms with E-state index in [4.69, 9.17) is 27.9 Å². The Hall–Kier alpha value is -1.50. The first kappa shape index (κ1) is 16.9. The molecule has 3 heterocycles. The smallest absolute Gasteiger partial charge is 0.223 e. The van der Waals surface area contributed by atoms with Crippen LogP contribution in [-0.2, 0) is 9.53 Å². The zero-order chi connectivity index (χ0) is 17.4. The number of aromatic amines is 1. The first-order valence-electron chi connectivity index (χ1n) is 8.58. The summed E-state index contributed by atoms with van der Waals surface area (Å²) in [7, 11) is 0. The highest BCUT2D eigenvalue weighted by molar-refractivity contribution is 6.42. The predicted octanol–water partition coefficient (Wildman–Crippen LogP) is 2.99. The van der Waals surface area contributed by atoms with E-state index in [0.29, 0.717) is 16.7 Å². The number of fused-ring (bicyclic) bond motifs is 1. The standard InChI is InChI=1S/C17H20Cl2N4O2/c18-12-7-14-15(8-13(12)19)22-17(21-14)23-4-1-10(2-5-23)16(24)20-11-3-6-25-9-11/h7-8,10-11H,1-6,9H2,(H,20,24)(H,21,22). The van der Waals surface area contributed by atoms with Crippen LogP contribution < -0.4 is 10.2 Å². The third-order valence-electron chi connectivity index (χ3n) is 4.95. The molecule has 2 saturated heterocycles. The van der Waals surface area contributed by atoms with Gasteiger partial charge in [-0.2, -0.15) is 0 Å². The number of hydrogen-bond acceptors (Lipinski definition) is 4. The number of imidazole rings is 1. The minimum atomic E-state index is 0.0603. The summed E-state index contributed by atoms with van der Waals surface area (Å²) in [5.74, 6) is 1.01. The van der Waals surface area contributed by atoms with Gasteiger partial charge in [-0.05, 0) is 31.4 Å². The highest BCUT2D eigenvalue weighted by atomic mass is 35.5. The Morgan fingerprint density at radius 3 is 2.72 bits per heavy atom. The molecule has 2 N–H and O–H groups in total. The van der Waals surface area contributed by atoms with Gasteiger partial charge in [0.1, 0.15) is 0 Å². The molecule has 0 spiro atoms. The lowest BCUT2D eigenvalue weighted by atomic mass is 9.95. The lowest BCUT2D eigenvalue weighted by Gasteiger charge is -2.31. The summed E-state index contributed by atoms with van der Waals surface area (Å²) >= 11 is 12.1. The first-order chi connectivity index (χ1) is 12.1. The van der Waals surface area contributed by atoms with E-state index in [0.717, 1.165) is 55.9 Å². The lowest BCUT2D eigenvalue weighted by Crippen LogP contribution is -2.44. The van der Waals surface area contributed by atoms with Crippen LogP contribution in [0.25, 0.3) is 11.0 Å². The van der Waals surface area contributed by atoms with Gasteiger partial charge in [0, 0.05) is 25.6 Å². The lowest BCUT2D eigenvalue weighted by molar-refractivity contribution is -0.126. The summed E-state index contributed by atoms with van der Waals surface area (Å²) in [6.07, 6.45) is 2.55. The Morgan fingerprint density at radius 1 is 1.24 bits per heavy atom.